The zero-order valence-electron chi connectivity index (χ0n) is 13.0. The van der Waals surface area contributed by atoms with Crippen LogP contribution in [0.25, 0.3) is 0 Å². The molecule has 0 atom stereocenters. The molecule has 2 fully saturated rings. The molecule has 0 radical (unpaired) electrons. The highest BCUT2D eigenvalue weighted by atomic mass is 35.5. The molecule has 2 aliphatic rings. The number of aromatic nitrogens is 2. The molecule has 5 heteroatoms. The van der Waals surface area contributed by atoms with Crippen LogP contribution >= 0.6 is 11.6 Å². The second-order valence-corrected chi connectivity index (χ2v) is 6.69. The summed E-state index contributed by atoms with van der Waals surface area (Å²) >= 11 is 6.17. The van der Waals surface area contributed by atoms with Gasteiger partial charge in [-0.2, -0.15) is 0 Å². The van der Waals surface area contributed by atoms with Crippen molar-refractivity contribution < 1.29 is 4.74 Å². The average molecular weight is 330 g/mol. The van der Waals surface area contributed by atoms with Crippen LogP contribution in [0.3, 0.4) is 0 Å². The number of anilines is 1. The van der Waals surface area contributed by atoms with E-state index in [0.717, 1.165) is 43.3 Å². The number of piperidine rings is 1. The maximum absolute atomic E-state index is 6.17. The van der Waals surface area contributed by atoms with E-state index in [1.165, 1.54) is 12.8 Å². The van der Waals surface area contributed by atoms with Crippen molar-refractivity contribution in [3.63, 3.8) is 0 Å². The van der Waals surface area contributed by atoms with E-state index in [1.54, 1.807) is 0 Å². The number of rotatable bonds is 4. The largest absolute Gasteiger partial charge is 0.489 e. The first-order valence-electron chi connectivity index (χ1n) is 8.28. The summed E-state index contributed by atoms with van der Waals surface area (Å²) in [4.78, 5) is 11.5. The van der Waals surface area contributed by atoms with Crippen molar-refractivity contribution in [1.29, 1.82) is 0 Å². The highest BCUT2D eigenvalue weighted by molar-refractivity contribution is 6.32. The van der Waals surface area contributed by atoms with Crippen molar-refractivity contribution >= 4 is 17.4 Å². The summed E-state index contributed by atoms with van der Waals surface area (Å²) in [6.07, 6.45) is 6.54. The number of halogens is 1. The van der Waals surface area contributed by atoms with E-state index < -0.39 is 0 Å². The van der Waals surface area contributed by atoms with Gasteiger partial charge < -0.3 is 9.64 Å². The lowest BCUT2D eigenvalue weighted by Gasteiger charge is -2.33. The van der Waals surface area contributed by atoms with Gasteiger partial charge in [-0.3, -0.25) is 0 Å². The lowest BCUT2D eigenvalue weighted by molar-refractivity contribution is 0.171. The molecule has 1 saturated carbocycles. The van der Waals surface area contributed by atoms with E-state index in [0.29, 0.717) is 10.9 Å². The van der Waals surface area contributed by atoms with E-state index in [-0.39, 0.29) is 6.10 Å². The van der Waals surface area contributed by atoms with Gasteiger partial charge in [-0.15, -0.1) is 0 Å². The average Bonchev–Trinajstić information content (AvgIpc) is 3.43. The molecular formula is C18H20ClN3O. The lowest BCUT2D eigenvalue weighted by Crippen LogP contribution is -2.38. The Bertz CT molecular complexity index is 681. The number of benzene rings is 1. The van der Waals surface area contributed by atoms with Crippen LogP contribution < -0.4 is 9.64 Å². The van der Waals surface area contributed by atoms with Gasteiger partial charge in [0.15, 0.2) is 0 Å². The Balaban J connectivity index is 1.37. The molecule has 23 heavy (non-hydrogen) atoms. The van der Waals surface area contributed by atoms with Gasteiger partial charge in [-0.25, -0.2) is 9.97 Å². The molecule has 1 saturated heterocycles. The van der Waals surface area contributed by atoms with Gasteiger partial charge in [0, 0.05) is 38.0 Å². The normalized spacial score (nSPS) is 18.9. The fourth-order valence-corrected chi connectivity index (χ4v) is 3.18. The number of hydrogen-bond acceptors (Lipinski definition) is 4. The number of para-hydroxylation sites is 1. The summed E-state index contributed by atoms with van der Waals surface area (Å²) in [7, 11) is 0. The maximum Gasteiger partial charge on any atom is 0.138 e. The summed E-state index contributed by atoms with van der Waals surface area (Å²) in [6.45, 7) is 1.91. The smallest absolute Gasteiger partial charge is 0.138 e. The molecule has 0 amide bonds. The first kappa shape index (κ1) is 14.8. The fraction of sp³-hybridized carbons (Fsp3) is 0.444. The van der Waals surface area contributed by atoms with Crippen LogP contribution in [-0.4, -0.2) is 29.2 Å². The van der Waals surface area contributed by atoms with Gasteiger partial charge >= 0.3 is 0 Å². The number of nitrogens with zero attached hydrogens (tertiary/aromatic N) is 3. The van der Waals surface area contributed by atoms with Gasteiger partial charge in [0.25, 0.3) is 0 Å². The van der Waals surface area contributed by atoms with Crippen molar-refractivity contribution in [2.75, 3.05) is 18.0 Å². The van der Waals surface area contributed by atoms with Gasteiger partial charge in [-0.1, -0.05) is 23.7 Å². The second kappa shape index (κ2) is 6.36. The Morgan fingerprint density at radius 3 is 2.57 bits per heavy atom. The van der Waals surface area contributed by atoms with Crippen LogP contribution in [0, 0.1) is 0 Å². The predicted octanol–water partition coefficient (Wildman–Crippen LogP) is 4.06. The molecule has 4 rings (SSSR count). The minimum absolute atomic E-state index is 0.218. The minimum atomic E-state index is 0.218. The van der Waals surface area contributed by atoms with Gasteiger partial charge in [0.1, 0.15) is 23.5 Å². The third kappa shape index (κ3) is 3.42. The highest BCUT2D eigenvalue weighted by Crippen LogP contribution is 2.38. The Labute approximate surface area is 141 Å². The SMILES string of the molecule is Clc1ccccc1OC1CCN(c2ccnc(C3CC3)n2)CC1. The lowest BCUT2D eigenvalue weighted by atomic mass is 10.1. The molecule has 1 aromatic carbocycles. The summed E-state index contributed by atoms with van der Waals surface area (Å²) in [5.74, 6) is 3.44. The molecule has 1 aromatic heterocycles. The van der Waals surface area contributed by atoms with Gasteiger partial charge in [0.2, 0.25) is 0 Å². The molecule has 0 bridgehead atoms. The Morgan fingerprint density at radius 2 is 1.83 bits per heavy atom. The zero-order valence-corrected chi connectivity index (χ0v) is 13.7. The van der Waals surface area contributed by atoms with Gasteiger partial charge in [-0.05, 0) is 31.0 Å². The summed E-state index contributed by atoms with van der Waals surface area (Å²) < 4.78 is 6.05. The molecule has 1 aliphatic carbocycles. The molecule has 2 aromatic rings. The monoisotopic (exact) mass is 329 g/mol. The van der Waals surface area contributed by atoms with Crippen molar-refractivity contribution in [3.05, 3.63) is 47.4 Å². The maximum atomic E-state index is 6.17. The van der Waals surface area contributed by atoms with Crippen LogP contribution in [0.2, 0.25) is 5.02 Å². The highest BCUT2D eigenvalue weighted by Gasteiger charge is 2.28. The van der Waals surface area contributed by atoms with E-state index in [1.807, 2.05) is 36.5 Å². The second-order valence-electron chi connectivity index (χ2n) is 6.28. The van der Waals surface area contributed by atoms with E-state index >= 15 is 0 Å². The molecular weight excluding hydrogens is 310 g/mol. The Hall–Kier alpha value is -1.81. The molecule has 0 N–H and O–H groups in total. The topological polar surface area (TPSA) is 38.2 Å². The van der Waals surface area contributed by atoms with Crippen LogP contribution in [0.5, 0.6) is 5.75 Å². The zero-order chi connectivity index (χ0) is 15.6. The van der Waals surface area contributed by atoms with E-state index in [2.05, 4.69) is 9.88 Å². The summed E-state index contributed by atoms with van der Waals surface area (Å²) in [5.41, 5.74) is 0. The van der Waals surface area contributed by atoms with Crippen LogP contribution in [0.4, 0.5) is 5.82 Å². The van der Waals surface area contributed by atoms with Crippen LogP contribution in [0.1, 0.15) is 37.4 Å². The quantitative estimate of drug-likeness (QED) is 0.848. The van der Waals surface area contributed by atoms with E-state index in [4.69, 9.17) is 21.3 Å². The van der Waals surface area contributed by atoms with Crippen molar-refractivity contribution in [2.45, 2.75) is 37.7 Å². The number of hydrogen-bond donors (Lipinski definition) is 0. The number of ether oxygens (including phenoxy) is 1. The Kier molecular flexibility index (Phi) is 4.08. The van der Waals surface area contributed by atoms with Crippen LogP contribution in [0.15, 0.2) is 36.5 Å². The molecule has 4 nitrogen and oxygen atoms in total. The molecule has 2 heterocycles. The van der Waals surface area contributed by atoms with Crippen molar-refractivity contribution in [3.8, 4) is 5.75 Å². The van der Waals surface area contributed by atoms with Crippen molar-refractivity contribution in [1.82, 2.24) is 9.97 Å². The third-order valence-electron chi connectivity index (χ3n) is 4.50. The molecule has 1 aliphatic heterocycles. The summed E-state index contributed by atoms with van der Waals surface area (Å²) in [5, 5.41) is 0.680. The minimum Gasteiger partial charge on any atom is -0.489 e. The predicted molar refractivity (Wildman–Crippen MR) is 91.3 cm³/mol. The fourth-order valence-electron chi connectivity index (χ4n) is 3.00. The molecule has 120 valence electrons. The Morgan fingerprint density at radius 1 is 1.04 bits per heavy atom. The third-order valence-corrected chi connectivity index (χ3v) is 4.81. The first-order chi connectivity index (χ1) is 11.3. The summed E-state index contributed by atoms with van der Waals surface area (Å²) in [6, 6.07) is 9.69. The molecule has 0 spiro atoms. The molecule has 0 unspecified atom stereocenters. The van der Waals surface area contributed by atoms with Crippen LogP contribution in [-0.2, 0) is 0 Å². The van der Waals surface area contributed by atoms with Crippen molar-refractivity contribution in [2.24, 2.45) is 0 Å². The first-order valence-corrected chi connectivity index (χ1v) is 8.66. The standard InChI is InChI=1S/C18H20ClN3O/c19-15-3-1-2-4-16(15)23-14-8-11-22(12-9-14)17-7-10-20-18(21-17)13-5-6-13/h1-4,7,10,13-14H,5-6,8-9,11-12H2. The van der Waals surface area contributed by atoms with Gasteiger partial charge in [0.05, 0.1) is 5.02 Å². The van der Waals surface area contributed by atoms with E-state index in [9.17, 15) is 0 Å².